The molecule has 6 nitrogen and oxygen atoms in total. The molecule has 0 bridgehead atoms. The molecule has 1 amide bonds. The largest absolute Gasteiger partial charge is 0.495 e. The van der Waals surface area contributed by atoms with Crippen molar-refractivity contribution in [3.8, 4) is 5.75 Å². The number of allylic oxidation sites excluding steroid dienone is 2. The third-order valence-corrected chi connectivity index (χ3v) is 7.16. The van der Waals surface area contributed by atoms with Gasteiger partial charge >= 0.3 is 0 Å². The number of sulfonamides is 1. The van der Waals surface area contributed by atoms with E-state index >= 15 is 0 Å². The molecule has 1 N–H and O–H groups in total. The summed E-state index contributed by atoms with van der Waals surface area (Å²) in [5.41, 5.74) is 6.38. The van der Waals surface area contributed by atoms with Crippen molar-refractivity contribution < 1.29 is 17.9 Å². The van der Waals surface area contributed by atoms with Gasteiger partial charge in [0.25, 0.3) is 15.9 Å². The van der Waals surface area contributed by atoms with E-state index in [1.165, 1.54) is 24.8 Å². The lowest BCUT2D eigenvalue weighted by Gasteiger charge is -2.17. The second kappa shape index (κ2) is 10.1. The lowest BCUT2D eigenvalue weighted by Crippen LogP contribution is -2.32. The molecule has 0 fully saturated rings. The SMILES string of the molecule is C=C/C=C\c1cc(C(=O)NS(=O)(=O)c2ccccc2OC)n(Cc2c(C)cc(C)cc2C)c1C. The Balaban J connectivity index is 2.07. The minimum Gasteiger partial charge on any atom is -0.495 e. The Kier molecular flexibility index (Phi) is 7.47. The van der Waals surface area contributed by atoms with Gasteiger partial charge < -0.3 is 9.30 Å². The molecular weight excluding hydrogens is 448 g/mol. The van der Waals surface area contributed by atoms with Crippen LogP contribution >= 0.6 is 0 Å². The van der Waals surface area contributed by atoms with Crippen molar-refractivity contribution in [2.75, 3.05) is 7.11 Å². The number of rotatable bonds is 8. The zero-order chi connectivity index (χ0) is 25.0. The van der Waals surface area contributed by atoms with E-state index in [1.807, 2.05) is 38.3 Å². The number of hydrogen-bond acceptors (Lipinski definition) is 4. The predicted molar refractivity (Wildman–Crippen MR) is 136 cm³/mol. The molecule has 0 spiro atoms. The first-order valence-corrected chi connectivity index (χ1v) is 12.3. The zero-order valence-electron chi connectivity index (χ0n) is 20.2. The molecule has 1 aromatic heterocycles. The summed E-state index contributed by atoms with van der Waals surface area (Å²) in [6.45, 7) is 12.2. The highest BCUT2D eigenvalue weighted by Gasteiger charge is 2.25. The number of para-hydroxylation sites is 1. The standard InChI is InChI=1S/C27H30N2O4S/c1-7-8-11-22-16-24(27(30)28-34(31,32)26-13-10-9-12-25(26)33-6)29(21(22)5)17-23-19(3)14-18(2)15-20(23)4/h7-16H,1,17H2,2-6H3,(H,28,30)/b11-8-. The molecule has 0 saturated heterocycles. The molecule has 0 aliphatic rings. The second-order valence-corrected chi connectivity index (χ2v) is 9.86. The zero-order valence-corrected chi connectivity index (χ0v) is 21.0. The van der Waals surface area contributed by atoms with Gasteiger partial charge in [0.2, 0.25) is 0 Å². The van der Waals surface area contributed by atoms with Crippen LogP contribution in [0.1, 0.15) is 44.0 Å². The van der Waals surface area contributed by atoms with Gasteiger partial charge in [-0.1, -0.05) is 54.6 Å². The van der Waals surface area contributed by atoms with E-state index < -0.39 is 15.9 Å². The van der Waals surface area contributed by atoms with Crippen LogP contribution in [0.5, 0.6) is 5.75 Å². The van der Waals surface area contributed by atoms with Gasteiger partial charge in [-0.25, -0.2) is 13.1 Å². The summed E-state index contributed by atoms with van der Waals surface area (Å²) in [7, 11) is -2.77. The Morgan fingerprint density at radius 1 is 1.09 bits per heavy atom. The second-order valence-electron chi connectivity index (χ2n) is 8.21. The van der Waals surface area contributed by atoms with Crippen LogP contribution in [0.4, 0.5) is 0 Å². The minimum atomic E-state index is -4.15. The number of carbonyl (C=O) groups excluding carboxylic acids is 1. The van der Waals surface area contributed by atoms with E-state index in [0.717, 1.165) is 27.9 Å². The number of nitrogens with one attached hydrogen (secondary N) is 1. The number of methoxy groups -OCH3 is 1. The first-order valence-electron chi connectivity index (χ1n) is 10.8. The quantitative estimate of drug-likeness (QED) is 0.457. The fourth-order valence-corrected chi connectivity index (χ4v) is 5.22. The third kappa shape index (κ3) is 5.15. The summed E-state index contributed by atoms with van der Waals surface area (Å²) in [6, 6.07) is 12.1. The molecule has 3 rings (SSSR count). The molecule has 1 heterocycles. The van der Waals surface area contributed by atoms with E-state index in [9.17, 15) is 13.2 Å². The van der Waals surface area contributed by atoms with Crippen LogP contribution in [0.2, 0.25) is 0 Å². The van der Waals surface area contributed by atoms with Gasteiger partial charge in [0, 0.05) is 12.2 Å². The smallest absolute Gasteiger partial charge is 0.281 e. The molecule has 0 radical (unpaired) electrons. The lowest BCUT2D eigenvalue weighted by molar-refractivity contribution is 0.0972. The first-order chi connectivity index (χ1) is 16.1. The topological polar surface area (TPSA) is 77.4 Å². The Morgan fingerprint density at radius 2 is 1.74 bits per heavy atom. The summed E-state index contributed by atoms with van der Waals surface area (Å²) in [5.74, 6) is -0.551. The molecule has 0 aliphatic heterocycles. The fraction of sp³-hybridized carbons (Fsp3) is 0.222. The summed E-state index contributed by atoms with van der Waals surface area (Å²) in [4.78, 5) is 13.2. The van der Waals surface area contributed by atoms with Crippen LogP contribution in [0.3, 0.4) is 0 Å². The number of benzene rings is 2. The number of hydrogen-bond donors (Lipinski definition) is 1. The Bertz CT molecular complexity index is 1360. The minimum absolute atomic E-state index is 0.0994. The van der Waals surface area contributed by atoms with Crippen molar-refractivity contribution >= 4 is 22.0 Å². The van der Waals surface area contributed by atoms with E-state index in [4.69, 9.17) is 4.74 Å². The van der Waals surface area contributed by atoms with Crippen molar-refractivity contribution in [3.05, 3.63) is 100 Å². The number of aryl methyl sites for hydroxylation is 3. The van der Waals surface area contributed by atoms with Crippen LogP contribution in [0.25, 0.3) is 6.08 Å². The maximum Gasteiger partial charge on any atom is 0.281 e. The van der Waals surface area contributed by atoms with Gasteiger partial charge in [0.1, 0.15) is 16.3 Å². The van der Waals surface area contributed by atoms with E-state index in [2.05, 4.69) is 23.4 Å². The Labute approximate surface area is 201 Å². The molecular formula is C27H30N2O4S. The normalized spacial score (nSPS) is 11.6. The highest BCUT2D eigenvalue weighted by molar-refractivity contribution is 7.90. The fourth-order valence-electron chi connectivity index (χ4n) is 4.09. The third-order valence-electron chi connectivity index (χ3n) is 5.79. The van der Waals surface area contributed by atoms with Crippen molar-refractivity contribution in [2.24, 2.45) is 0 Å². The summed E-state index contributed by atoms with van der Waals surface area (Å²) >= 11 is 0. The summed E-state index contributed by atoms with van der Waals surface area (Å²) < 4.78 is 35.3. The Hall–Kier alpha value is -3.58. The van der Waals surface area contributed by atoms with Crippen LogP contribution in [0, 0.1) is 27.7 Å². The molecule has 0 unspecified atom stereocenters. The average molecular weight is 479 g/mol. The van der Waals surface area contributed by atoms with Crippen LogP contribution in [0.15, 0.2) is 66.1 Å². The predicted octanol–water partition coefficient (Wildman–Crippen LogP) is 5.10. The van der Waals surface area contributed by atoms with Crippen molar-refractivity contribution in [1.29, 1.82) is 0 Å². The molecule has 0 atom stereocenters. The molecule has 178 valence electrons. The maximum atomic E-state index is 13.3. The number of amides is 1. The number of ether oxygens (including phenoxy) is 1. The highest BCUT2D eigenvalue weighted by Crippen LogP contribution is 2.25. The number of aromatic nitrogens is 1. The van der Waals surface area contributed by atoms with Crippen LogP contribution in [-0.4, -0.2) is 26.0 Å². The summed E-state index contributed by atoms with van der Waals surface area (Å²) in [6.07, 6.45) is 5.28. The lowest BCUT2D eigenvalue weighted by atomic mass is 9.99. The van der Waals surface area contributed by atoms with Crippen molar-refractivity contribution in [2.45, 2.75) is 39.1 Å². The molecule has 3 aromatic rings. The van der Waals surface area contributed by atoms with Gasteiger partial charge in [0.05, 0.1) is 7.11 Å². The van der Waals surface area contributed by atoms with Gasteiger partial charge in [0.15, 0.2) is 0 Å². The Morgan fingerprint density at radius 3 is 2.35 bits per heavy atom. The van der Waals surface area contributed by atoms with Crippen LogP contribution in [-0.2, 0) is 16.6 Å². The van der Waals surface area contributed by atoms with Crippen molar-refractivity contribution in [3.63, 3.8) is 0 Å². The number of nitrogens with zero attached hydrogens (tertiary/aromatic N) is 1. The molecule has 2 aromatic carbocycles. The van der Waals surface area contributed by atoms with Gasteiger partial charge in [-0.05, 0) is 68.1 Å². The highest BCUT2D eigenvalue weighted by atomic mass is 32.2. The molecule has 0 saturated carbocycles. The maximum absolute atomic E-state index is 13.3. The van der Waals surface area contributed by atoms with Gasteiger partial charge in [-0.2, -0.15) is 0 Å². The number of carbonyl (C=O) groups is 1. The molecule has 34 heavy (non-hydrogen) atoms. The van der Waals surface area contributed by atoms with Gasteiger partial charge in [-0.15, -0.1) is 0 Å². The van der Waals surface area contributed by atoms with Crippen molar-refractivity contribution in [1.82, 2.24) is 9.29 Å². The molecule has 7 heteroatoms. The van der Waals surface area contributed by atoms with Crippen LogP contribution < -0.4 is 9.46 Å². The average Bonchev–Trinajstić information content (AvgIpc) is 3.09. The van der Waals surface area contributed by atoms with E-state index in [0.29, 0.717) is 6.54 Å². The van der Waals surface area contributed by atoms with E-state index in [-0.39, 0.29) is 16.3 Å². The monoisotopic (exact) mass is 478 g/mol. The van der Waals surface area contributed by atoms with E-state index in [1.54, 1.807) is 30.4 Å². The summed E-state index contributed by atoms with van der Waals surface area (Å²) in [5, 5.41) is 0. The molecule has 0 aliphatic carbocycles. The first kappa shape index (κ1) is 25.1. The van der Waals surface area contributed by atoms with Gasteiger partial charge in [-0.3, -0.25) is 4.79 Å².